The number of hydrogen-bond donors (Lipinski definition) is 0. The predicted octanol–water partition coefficient (Wildman–Crippen LogP) is 16.5. The molecule has 0 amide bonds. The van der Waals surface area contributed by atoms with Crippen molar-refractivity contribution in [2.75, 3.05) is 0 Å². The van der Waals surface area contributed by atoms with Gasteiger partial charge in [0.25, 0.3) is 0 Å². The fourth-order valence-corrected chi connectivity index (χ4v) is 10.9. The third kappa shape index (κ3) is 5.72. The van der Waals surface area contributed by atoms with E-state index in [1.807, 2.05) is 42.5 Å². The van der Waals surface area contributed by atoms with Crippen LogP contribution in [0.5, 0.6) is 0 Å². The van der Waals surface area contributed by atoms with Crippen molar-refractivity contribution >= 4 is 87.5 Å². The van der Waals surface area contributed by atoms with Crippen LogP contribution in [0.4, 0.5) is 0 Å². The van der Waals surface area contributed by atoms with Gasteiger partial charge < -0.3 is 18.0 Å². The Balaban J connectivity index is 0.894. The highest BCUT2D eigenvalue weighted by Gasteiger charge is 2.23. The summed E-state index contributed by atoms with van der Waals surface area (Å²) in [4.78, 5) is 15.6. The van der Waals surface area contributed by atoms with Crippen LogP contribution in [0.25, 0.3) is 144 Å². The molecule has 5 aromatic heterocycles. The number of furan rings is 2. The molecule has 0 saturated carbocycles. The van der Waals surface area contributed by atoms with Crippen molar-refractivity contribution in [2.24, 2.45) is 0 Å². The molecule has 15 aromatic rings. The van der Waals surface area contributed by atoms with Gasteiger partial charge >= 0.3 is 0 Å². The first-order valence-electron chi connectivity index (χ1n) is 23.5. The van der Waals surface area contributed by atoms with Gasteiger partial charge in [-0.2, -0.15) is 0 Å². The number of aromatic nitrogens is 5. The van der Waals surface area contributed by atoms with Crippen molar-refractivity contribution in [1.82, 2.24) is 24.1 Å². The molecule has 0 unspecified atom stereocenters. The number of rotatable bonds is 6. The highest BCUT2D eigenvalue weighted by molar-refractivity contribution is 6.19. The van der Waals surface area contributed by atoms with Crippen LogP contribution in [0.1, 0.15) is 0 Å². The lowest BCUT2D eigenvalue weighted by atomic mass is 9.98. The van der Waals surface area contributed by atoms with E-state index in [4.69, 9.17) is 23.8 Å². The molecule has 0 aliphatic carbocycles. The summed E-state index contributed by atoms with van der Waals surface area (Å²) in [7, 11) is 0. The highest BCUT2D eigenvalue weighted by Crippen LogP contribution is 2.45. The van der Waals surface area contributed by atoms with Gasteiger partial charge in [0, 0.05) is 82.3 Å². The maximum absolute atomic E-state index is 6.96. The van der Waals surface area contributed by atoms with Gasteiger partial charge in [-0.15, -0.1) is 0 Å². The molecule has 326 valence electrons. The normalized spacial score (nSPS) is 12.0. The van der Waals surface area contributed by atoms with Crippen molar-refractivity contribution < 1.29 is 8.83 Å². The number of para-hydroxylation sites is 6. The zero-order chi connectivity index (χ0) is 45.9. The molecule has 0 aliphatic heterocycles. The fraction of sp³-hybridized carbons (Fsp3) is 0. The molecule has 0 saturated heterocycles. The molecule has 0 fully saturated rings. The fourth-order valence-electron chi connectivity index (χ4n) is 10.9. The lowest BCUT2D eigenvalue weighted by molar-refractivity contribution is 0.669. The second kappa shape index (κ2) is 15.0. The van der Waals surface area contributed by atoms with E-state index in [1.54, 1.807) is 0 Å². The lowest BCUT2D eigenvalue weighted by Crippen LogP contribution is -2.00. The van der Waals surface area contributed by atoms with Crippen LogP contribution in [-0.4, -0.2) is 24.1 Å². The van der Waals surface area contributed by atoms with E-state index in [-0.39, 0.29) is 0 Å². The van der Waals surface area contributed by atoms with Crippen LogP contribution in [0.2, 0.25) is 0 Å². The molecular formula is C63H37N5O2. The predicted molar refractivity (Wildman–Crippen MR) is 285 cm³/mol. The zero-order valence-electron chi connectivity index (χ0n) is 37.4. The third-order valence-corrected chi connectivity index (χ3v) is 14.0. The Bertz CT molecular complexity index is 4540. The van der Waals surface area contributed by atoms with Crippen LogP contribution < -0.4 is 0 Å². The van der Waals surface area contributed by atoms with Gasteiger partial charge in [0.15, 0.2) is 17.5 Å². The van der Waals surface area contributed by atoms with E-state index in [2.05, 4.69) is 191 Å². The van der Waals surface area contributed by atoms with E-state index < -0.39 is 0 Å². The van der Waals surface area contributed by atoms with Crippen LogP contribution in [0, 0.1) is 0 Å². The smallest absolute Gasteiger partial charge is 0.164 e. The Morgan fingerprint density at radius 2 is 0.886 bits per heavy atom. The van der Waals surface area contributed by atoms with E-state index >= 15 is 0 Å². The number of benzene rings is 10. The minimum Gasteiger partial charge on any atom is -0.456 e. The van der Waals surface area contributed by atoms with Crippen LogP contribution in [-0.2, 0) is 0 Å². The van der Waals surface area contributed by atoms with Crippen molar-refractivity contribution in [2.45, 2.75) is 0 Å². The van der Waals surface area contributed by atoms with Crippen molar-refractivity contribution in [1.29, 1.82) is 0 Å². The Hall–Kier alpha value is -9.59. The summed E-state index contributed by atoms with van der Waals surface area (Å²) < 4.78 is 18.3. The largest absolute Gasteiger partial charge is 0.456 e. The van der Waals surface area contributed by atoms with E-state index in [1.165, 1.54) is 32.6 Å². The van der Waals surface area contributed by atoms with Crippen LogP contribution in [0.15, 0.2) is 233 Å². The molecule has 0 N–H and O–H groups in total. The Kier molecular flexibility index (Phi) is 8.23. The Labute approximate surface area is 399 Å². The number of hydrogen-bond acceptors (Lipinski definition) is 5. The molecule has 0 spiro atoms. The van der Waals surface area contributed by atoms with Crippen LogP contribution >= 0.6 is 0 Å². The topological polar surface area (TPSA) is 74.8 Å². The highest BCUT2D eigenvalue weighted by atomic mass is 16.3. The molecule has 0 bridgehead atoms. The number of fused-ring (bicyclic) bond motifs is 12. The SMILES string of the molecule is c1ccc(-c2nc(-c3ccc4c(c3)oc3ccc(-n5c6ccccc6c6ccccc65)cc34)nc(-c3cccc4oc5c(-c6cccc7c8ccccc8n(-c8ccccc8)c67)cccc5c34)n2)cc1. The molecule has 15 rings (SSSR count). The molecule has 10 aromatic carbocycles. The maximum Gasteiger partial charge on any atom is 0.164 e. The second-order valence-electron chi connectivity index (χ2n) is 17.9. The monoisotopic (exact) mass is 895 g/mol. The van der Waals surface area contributed by atoms with E-state index in [9.17, 15) is 0 Å². The number of nitrogens with zero attached hydrogens (tertiary/aromatic N) is 5. The Morgan fingerprint density at radius 1 is 0.300 bits per heavy atom. The summed E-state index contributed by atoms with van der Waals surface area (Å²) >= 11 is 0. The molecule has 7 heteroatoms. The Morgan fingerprint density at radius 3 is 1.64 bits per heavy atom. The quantitative estimate of drug-likeness (QED) is 0.166. The molecule has 7 nitrogen and oxygen atoms in total. The van der Waals surface area contributed by atoms with E-state index in [0.29, 0.717) is 17.5 Å². The van der Waals surface area contributed by atoms with Gasteiger partial charge in [-0.3, -0.25) is 0 Å². The summed E-state index contributed by atoms with van der Waals surface area (Å²) in [5, 5.41) is 8.82. The molecular weight excluding hydrogens is 859 g/mol. The van der Waals surface area contributed by atoms with Gasteiger partial charge in [-0.05, 0) is 66.7 Å². The van der Waals surface area contributed by atoms with Gasteiger partial charge in [-0.1, -0.05) is 158 Å². The van der Waals surface area contributed by atoms with Gasteiger partial charge in [0.05, 0.1) is 22.1 Å². The minimum atomic E-state index is 0.545. The van der Waals surface area contributed by atoms with Crippen molar-refractivity contribution in [3.8, 4) is 56.7 Å². The average Bonchev–Trinajstić information content (AvgIpc) is 4.19. The van der Waals surface area contributed by atoms with Crippen molar-refractivity contribution in [3.63, 3.8) is 0 Å². The van der Waals surface area contributed by atoms with E-state index in [0.717, 1.165) is 94.1 Å². The van der Waals surface area contributed by atoms with Gasteiger partial charge in [0.2, 0.25) is 0 Å². The maximum atomic E-state index is 6.96. The molecule has 70 heavy (non-hydrogen) atoms. The lowest BCUT2D eigenvalue weighted by Gasteiger charge is -2.12. The summed E-state index contributed by atoms with van der Waals surface area (Å²) in [6.45, 7) is 0. The summed E-state index contributed by atoms with van der Waals surface area (Å²) in [6, 6.07) is 78.4. The molecule has 0 radical (unpaired) electrons. The minimum absolute atomic E-state index is 0.545. The summed E-state index contributed by atoms with van der Waals surface area (Å²) in [5.41, 5.74) is 14.6. The van der Waals surface area contributed by atoms with Gasteiger partial charge in [0.1, 0.15) is 22.3 Å². The molecule has 0 aliphatic rings. The summed E-state index contributed by atoms with van der Waals surface area (Å²) in [5.74, 6) is 1.67. The standard InChI is InChI=1S/C63H37N5O2/c1-3-16-38(17-4-1)61-64-62(39-32-34-45-51-37-41(33-35-55(51)69-57(45)36-39)67-52-28-10-7-20-42(52)43-21-8-11-29-53(43)67)66-63(65-61)50-27-15-31-56-58(50)49-26-14-25-48(60(49)70-56)47-24-13-23-46-44-22-9-12-30-54(44)68(59(46)47)40-18-5-2-6-19-40/h1-37H. The third-order valence-electron chi connectivity index (χ3n) is 14.0. The zero-order valence-corrected chi connectivity index (χ0v) is 37.4. The first-order chi connectivity index (χ1) is 34.7. The van der Waals surface area contributed by atoms with Crippen molar-refractivity contribution in [3.05, 3.63) is 224 Å². The van der Waals surface area contributed by atoms with Gasteiger partial charge in [-0.25, -0.2) is 15.0 Å². The van der Waals surface area contributed by atoms with Crippen LogP contribution in [0.3, 0.4) is 0 Å². The summed E-state index contributed by atoms with van der Waals surface area (Å²) in [6.07, 6.45) is 0. The molecule has 5 heterocycles. The first kappa shape index (κ1) is 38.5. The average molecular weight is 896 g/mol. The molecule has 0 atom stereocenters. The first-order valence-corrected chi connectivity index (χ1v) is 23.5. The second-order valence-corrected chi connectivity index (χ2v) is 17.9.